The molecule has 0 radical (unpaired) electrons. The van der Waals surface area contributed by atoms with Gasteiger partial charge in [0, 0.05) is 6.42 Å². The first kappa shape index (κ1) is 9.18. The molecule has 0 saturated carbocycles. The van der Waals surface area contributed by atoms with Crippen molar-refractivity contribution >= 4 is 17.7 Å². The van der Waals surface area contributed by atoms with E-state index in [9.17, 15) is 14.4 Å². The molecule has 1 amide bonds. The molecule has 0 spiro atoms. The van der Waals surface area contributed by atoms with Gasteiger partial charge in [-0.2, -0.15) is 0 Å². The third kappa shape index (κ3) is 0.921. The molecule has 0 aromatic rings. The minimum atomic E-state index is -1.21. The number of aliphatic carboxylic acids is 1. The zero-order valence-electron chi connectivity index (χ0n) is 7.77. The van der Waals surface area contributed by atoms with Gasteiger partial charge in [0.15, 0.2) is 11.8 Å². The Morgan fingerprint density at radius 3 is 2.71 bits per heavy atom. The molecule has 2 heterocycles. The van der Waals surface area contributed by atoms with Crippen LogP contribution >= 0.6 is 0 Å². The molecule has 5 heteroatoms. The van der Waals surface area contributed by atoms with Gasteiger partial charge < -0.3 is 10.0 Å². The van der Waals surface area contributed by atoms with Crippen molar-refractivity contribution in [1.29, 1.82) is 0 Å². The maximum atomic E-state index is 11.4. The fraction of sp³-hybridized carbons (Fsp3) is 0.667. The number of hydrogen-bond donors (Lipinski definition) is 1. The number of carbonyl (C=O) groups excluding carboxylic acids is 2. The number of rotatable bonds is 2. The van der Waals surface area contributed by atoms with E-state index in [0.717, 1.165) is 0 Å². The first-order valence-corrected chi connectivity index (χ1v) is 4.65. The van der Waals surface area contributed by atoms with Crippen LogP contribution in [0.2, 0.25) is 0 Å². The number of β-lactam (4-membered cyclic amide) rings is 1. The molecule has 0 bridgehead atoms. The molecule has 2 saturated heterocycles. The van der Waals surface area contributed by atoms with E-state index in [1.165, 1.54) is 4.90 Å². The lowest BCUT2D eigenvalue weighted by molar-refractivity contribution is -0.164. The molecular weight excluding hydrogens is 186 g/mol. The maximum absolute atomic E-state index is 11.4. The number of carboxylic acids is 1. The molecule has 76 valence electrons. The highest BCUT2D eigenvalue weighted by atomic mass is 16.4. The van der Waals surface area contributed by atoms with Crippen LogP contribution in [0.25, 0.3) is 0 Å². The molecule has 3 atom stereocenters. The predicted octanol–water partition coefficient (Wildman–Crippen LogP) is -0.351. The van der Waals surface area contributed by atoms with Crippen molar-refractivity contribution in [2.45, 2.75) is 31.8 Å². The van der Waals surface area contributed by atoms with Gasteiger partial charge in [0.25, 0.3) is 0 Å². The standard InChI is InChI=1S/C9H11NO4/c1-2-4-5-3-6(11)7(9(13)14)10(5)8(4)12/h4-5,7H,2-3H2,1H3,(H,13,14)/t4-,5+,7?/m1/s1. The Morgan fingerprint density at radius 2 is 2.21 bits per heavy atom. The second-order valence-corrected chi connectivity index (χ2v) is 3.74. The van der Waals surface area contributed by atoms with Gasteiger partial charge in [-0.1, -0.05) is 6.92 Å². The molecule has 2 aliphatic rings. The number of ketones is 1. The van der Waals surface area contributed by atoms with Gasteiger partial charge in [-0.25, -0.2) is 4.79 Å². The molecule has 1 N–H and O–H groups in total. The predicted molar refractivity (Wildman–Crippen MR) is 45.5 cm³/mol. The topological polar surface area (TPSA) is 74.7 Å². The Kier molecular flexibility index (Phi) is 1.83. The van der Waals surface area contributed by atoms with Gasteiger partial charge in [-0.15, -0.1) is 0 Å². The van der Waals surface area contributed by atoms with Crippen LogP contribution < -0.4 is 0 Å². The second-order valence-electron chi connectivity index (χ2n) is 3.74. The highest BCUT2D eigenvalue weighted by Gasteiger charge is 2.58. The summed E-state index contributed by atoms with van der Waals surface area (Å²) in [6.07, 6.45) is 0.890. The summed E-state index contributed by atoms with van der Waals surface area (Å²) in [5.74, 6) is -1.87. The fourth-order valence-corrected chi connectivity index (χ4v) is 2.37. The third-order valence-electron chi connectivity index (χ3n) is 3.06. The van der Waals surface area contributed by atoms with Crippen LogP contribution in [0.5, 0.6) is 0 Å². The molecule has 0 aromatic carbocycles. The minimum absolute atomic E-state index is 0.136. The van der Waals surface area contributed by atoms with Gasteiger partial charge in [0.05, 0.1) is 12.0 Å². The molecule has 2 aliphatic heterocycles. The smallest absolute Gasteiger partial charge is 0.334 e. The van der Waals surface area contributed by atoms with Gasteiger partial charge in [0.1, 0.15) is 0 Å². The number of carboxylic acid groups (broad SMARTS) is 1. The molecule has 2 rings (SSSR count). The number of carbonyl (C=O) groups is 3. The van der Waals surface area contributed by atoms with E-state index in [4.69, 9.17) is 5.11 Å². The highest BCUT2D eigenvalue weighted by Crippen LogP contribution is 2.39. The Hall–Kier alpha value is -1.39. The Labute approximate surface area is 80.7 Å². The van der Waals surface area contributed by atoms with Crippen molar-refractivity contribution in [2.75, 3.05) is 0 Å². The molecule has 1 unspecified atom stereocenters. The molecule has 0 aliphatic carbocycles. The first-order chi connectivity index (χ1) is 6.57. The largest absolute Gasteiger partial charge is 0.479 e. The molecule has 5 nitrogen and oxygen atoms in total. The average Bonchev–Trinajstić information content (AvgIpc) is 2.40. The number of hydrogen-bond acceptors (Lipinski definition) is 3. The zero-order valence-corrected chi connectivity index (χ0v) is 7.77. The number of amides is 1. The Morgan fingerprint density at radius 1 is 1.57 bits per heavy atom. The van der Waals surface area contributed by atoms with Crippen LogP contribution in [0.4, 0.5) is 0 Å². The van der Waals surface area contributed by atoms with Gasteiger partial charge in [0.2, 0.25) is 5.91 Å². The normalized spacial score (nSPS) is 35.5. The van der Waals surface area contributed by atoms with E-state index in [1.807, 2.05) is 6.92 Å². The van der Waals surface area contributed by atoms with Crippen molar-refractivity contribution < 1.29 is 19.5 Å². The van der Waals surface area contributed by atoms with E-state index in [2.05, 4.69) is 0 Å². The number of fused-ring (bicyclic) bond motifs is 1. The van der Waals surface area contributed by atoms with E-state index < -0.39 is 12.0 Å². The van der Waals surface area contributed by atoms with Gasteiger partial charge >= 0.3 is 5.97 Å². The monoisotopic (exact) mass is 197 g/mol. The molecular formula is C9H11NO4. The van der Waals surface area contributed by atoms with Crippen molar-refractivity contribution in [2.24, 2.45) is 5.92 Å². The molecule has 14 heavy (non-hydrogen) atoms. The highest BCUT2D eigenvalue weighted by molar-refractivity contribution is 6.10. The average molecular weight is 197 g/mol. The molecule has 2 fully saturated rings. The summed E-state index contributed by atoms with van der Waals surface area (Å²) < 4.78 is 0. The van der Waals surface area contributed by atoms with Crippen molar-refractivity contribution in [3.63, 3.8) is 0 Å². The van der Waals surface area contributed by atoms with Crippen molar-refractivity contribution in [1.82, 2.24) is 4.90 Å². The van der Waals surface area contributed by atoms with E-state index in [1.54, 1.807) is 0 Å². The van der Waals surface area contributed by atoms with Crippen LogP contribution in [-0.4, -0.2) is 39.7 Å². The number of nitrogens with zero attached hydrogens (tertiary/aromatic N) is 1. The Balaban J connectivity index is 2.23. The van der Waals surface area contributed by atoms with E-state index >= 15 is 0 Å². The zero-order chi connectivity index (χ0) is 10.5. The Bertz CT molecular complexity index is 325. The van der Waals surface area contributed by atoms with Gasteiger partial charge in [-0.3, -0.25) is 9.59 Å². The van der Waals surface area contributed by atoms with E-state index in [0.29, 0.717) is 6.42 Å². The van der Waals surface area contributed by atoms with Crippen LogP contribution in [0.15, 0.2) is 0 Å². The summed E-state index contributed by atoms with van der Waals surface area (Å²) in [5.41, 5.74) is 0. The lowest BCUT2D eigenvalue weighted by Gasteiger charge is -2.43. The fourth-order valence-electron chi connectivity index (χ4n) is 2.37. The first-order valence-electron chi connectivity index (χ1n) is 4.65. The summed E-state index contributed by atoms with van der Waals surface area (Å²) in [6.45, 7) is 1.87. The lowest BCUT2D eigenvalue weighted by atomic mass is 9.86. The summed E-state index contributed by atoms with van der Waals surface area (Å²) in [5, 5.41) is 8.77. The van der Waals surface area contributed by atoms with Crippen molar-refractivity contribution in [3.8, 4) is 0 Å². The van der Waals surface area contributed by atoms with Crippen LogP contribution in [0, 0.1) is 5.92 Å². The molecule has 0 aromatic heterocycles. The van der Waals surface area contributed by atoms with Crippen LogP contribution in [0.3, 0.4) is 0 Å². The lowest BCUT2D eigenvalue weighted by Crippen LogP contribution is -2.61. The number of Topliss-reactive ketones (excluding diaryl/α,β-unsaturated/α-hetero) is 1. The maximum Gasteiger partial charge on any atom is 0.334 e. The third-order valence-corrected chi connectivity index (χ3v) is 3.06. The summed E-state index contributed by atoms with van der Waals surface area (Å²) in [7, 11) is 0. The summed E-state index contributed by atoms with van der Waals surface area (Å²) >= 11 is 0. The SMILES string of the molecule is CC[C@H]1C(=O)N2C(C(=O)O)C(=O)C[C@@H]12. The summed E-state index contributed by atoms with van der Waals surface area (Å²) in [6, 6.07) is -1.36. The minimum Gasteiger partial charge on any atom is -0.479 e. The summed E-state index contributed by atoms with van der Waals surface area (Å²) in [4.78, 5) is 34.7. The van der Waals surface area contributed by atoms with E-state index in [-0.39, 0.29) is 30.1 Å². The quantitative estimate of drug-likeness (QED) is 0.485. The van der Waals surface area contributed by atoms with Gasteiger partial charge in [-0.05, 0) is 6.42 Å². The van der Waals surface area contributed by atoms with Crippen molar-refractivity contribution in [3.05, 3.63) is 0 Å². The second kappa shape index (κ2) is 2.80. The van der Waals surface area contributed by atoms with Crippen LogP contribution in [-0.2, 0) is 14.4 Å². The van der Waals surface area contributed by atoms with Crippen LogP contribution in [0.1, 0.15) is 19.8 Å².